The monoisotopic (exact) mass is 222 g/mol. The van der Waals surface area contributed by atoms with Gasteiger partial charge in [-0.3, -0.25) is 4.98 Å². The Hall–Kier alpha value is -1.32. The molecule has 0 radical (unpaired) electrons. The first kappa shape index (κ1) is 12.7. The molecule has 1 rings (SSSR count). The largest absolute Gasteiger partial charge is 0.369 e. The van der Waals surface area contributed by atoms with Crippen LogP contribution in [0.2, 0.25) is 0 Å². The van der Waals surface area contributed by atoms with Crippen LogP contribution < -0.4 is 10.2 Å². The van der Waals surface area contributed by atoms with Gasteiger partial charge in [-0.05, 0) is 20.3 Å². The summed E-state index contributed by atoms with van der Waals surface area (Å²) in [5.41, 5.74) is 0. The van der Waals surface area contributed by atoms with Crippen LogP contribution in [0, 0.1) is 0 Å². The summed E-state index contributed by atoms with van der Waals surface area (Å²) in [6.45, 7) is 7.33. The average Bonchev–Trinajstić information content (AvgIpc) is 2.29. The van der Waals surface area contributed by atoms with Gasteiger partial charge in [-0.2, -0.15) is 0 Å². The predicted molar refractivity (Wildman–Crippen MR) is 69.0 cm³/mol. The first-order valence-electron chi connectivity index (χ1n) is 5.97. The van der Waals surface area contributed by atoms with E-state index < -0.39 is 0 Å². The molecule has 0 saturated carbocycles. The van der Waals surface area contributed by atoms with E-state index in [1.165, 1.54) is 12.8 Å². The SMILES string of the molecule is CCCC(C)N(C)c1cncc(NCC)n1. The number of nitrogens with zero attached hydrogens (tertiary/aromatic N) is 3. The van der Waals surface area contributed by atoms with Crippen LogP contribution in [-0.4, -0.2) is 29.6 Å². The molecule has 4 nitrogen and oxygen atoms in total. The highest BCUT2D eigenvalue weighted by atomic mass is 15.2. The van der Waals surface area contributed by atoms with Crippen molar-refractivity contribution in [1.29, 1.82) is 0 Å². The summed E-state index contributed by atoms with van der Waals surface area (Å²) in [7, 11) is 2.07. The van der Waals surface area contributed by atoms with Crippen LogP contribution in [0.3, 0.4) is 0 Å². The first-order valence-corrected chi connectivity index (χ1v) is 5.97. The van der Waals surface area contributed by atoms with Crippen molar-refractivity contribution in [3.8, 4) is 0 Å². The minimum atomic E-state index is 0.496. The standard InChI is InChI=1S/C12H22N4/c1-5-7-10(3)16(4)12-9-13-8-11(15-12)14-6-2/h8-10H,5-7H2,1-4H3,(H,14,15). The van der Waals surface area contributed by atoms with Gasteiger partial charge >= 0.3 is 0 Å². The third-order valence-electron chi connectivity index (χ3n) is 2.71. The van der Waals surface area contributed by atoms with Crippen LogP contribution in [0.4, 0.5) is 11.6 Å². The third-order valence-corrected chi connectivity index (χ3v) is 2.71. The van der Waals surface area contributed by atoms with Crippen molar-refractivity contribution in [3.05, 3.63) is 12.4 Å². The topological polar surface area (TPSA) is 41.1 Å². The number of anilines is 2. The molecule has 0 bridgehead atoms. The molecule has 1 N–H and O–H groups in total. The molecule has 1 atom stereocenters. The fourth-order valence-corrected chi connectivity index (χ4v) is 1.63. The second-order valence-corrected chi connectivity index (χ2v) is 4.04. The van der Waals surface area contributed by atoms with E-state index in [0.29, 0.717) is 6.04 Å². The van der Waals surface area contributed by atoms with Gasteiger partial charge < -0.3 is 10.2 Å². The molecular formula is C12H22N4. The Balaban J connectivity index is 2.74. The van der Waals surface area contributed by atoms with E-state index in [0.717, 1.165) is 18.2 Å². The molecule has 1 aromatic rings. The van der Waals surface area contributed by atoms with Crippen LogP contribution in [0.15, 0.2) is 12.4 Å². The molecule has 0 aromatic carbocycles. The van der Waals surface area contributed by atoms with Gasteiger partial charge in [0.15, 0.2) is 0 Å². The smallest absolute Gasteiger partial charge is 0.149 e. The van der Waals surface area contributed by atoms with E-state index in [-0.39, 0.29) is 0 Å². The molecular weight excluding hydrogens is 200 g/mol. The Morgan fingerprint density at radius 2 is 2.12 bits per heavy atom. The molecule has 4 heteroatoms. The van der Waals surface area contributed by atoms with Gasteiger partial charge in [-0.1, -0.05) is 13.3 Å². The molecule has 0 spiro atoms. The zero-order valence-corrected chi connectivity index (χ0v) is 10.7. The van der Waals surface area contributed by atoms with Crippen molar-refractivity contribution in [2.45, 2.75) is 39.7 Å². The zero-order chi connectivity index (χ0) is 12.0. The van der Waals surface area contributed by atoms with E-state index in [1.807, 2.05) is 6.20 Å². The molecule has 1 heterocycles. The van der Waals surface area contributed by atoms with Gasteiger partial charge in [0.05, 0.1) is 12.4 Å². The molecule has 0 aliphatic heterocycles. The number of nitrogens with one attached hydrogen (secondary N) is 1. The first-order chi connectivity index (χ1) is 7.69. The third kappa shape index (κ3) is 3.36. The van der Waals surface area contributed by atoms with Gasteiger partial charge in [0.25, 0.3) is 0 Å². The van der Waals surface area contributed by atoms with Crippen LogP contribution in [-0.2, 0) is 0 Å². The van der Waals surface area contributed by atoms with Crippen molar-refractivity contribution in [3.63, 3.8) is 0 Å². The molecule has 0 aliphatic rings. The quantitative estimate of drug-likeness (QED) is 0.803. The van der Waals surface area contributed by atoms with E-state index in [2.05, 4.69) is 48.0 Å². The minimum absolute atomic E-state index is 0.496. The summed E-state index contributed by atoms with van der Waals surface area (Å²) in [6, 6.07) is 0.496. The molecule has 90 valence electrons. The van der Waals surface area contributed by atoms with Crippen LogP contribution in [0.1, 0.15) is 33.6 Å². The minimum Gasteiger partial charge on any atom is -0.369 e. The summed E-state index contributed by atoms with van der Waals surface area (Å²) in [5, 5.41) is 3.17. The number of aromatic nitrogens is 2. The maximum Gasteiger partial charge on any atom is 0.149 e. The van der Waals surface area contributed by atoms with Crippen LogP contribution in [0.25, 0.3) is 0 Å². The lowest BCUT2D eigenvalue weighted by Crippen LogP contribution is -2.29. The summed E-state index contributed by atoms with van der Waals surface area (Å²) in [5.74, 6) is 1.77. The summed E-state index contributed by atoms with van der Waals surface area (Å²) >= 11 is 0. The van der Waals surface area contributed by atoms with E-state index >= 15 is 0 Å². The molecule has 0 aliphatic carbocycles. The fourth-order valence-electron chi connectivity index (χ4n) is 1.63. The second kappa shape index (κ2) is 6.30. The van der Waals surface area contributed by atoms with Crippen molar-refractivity contribution in [2.75, 3.05) is 23.8 Å². The number of hydrogen-bond donors (Lipinski definition) is 1. The molecule has 0 saturated heterocycles. The van der Waals surface area contributed by atoms with Gasteiger partial charge in [0.2, 0.25) is 0 Å². The lowest BCUT2D eigenvalue weighted by atomic mass is 10.2. The Morgan fingerprint density at radius 3 is 2.75 bits per heavy atom. The molecule has 0 fully saturated rings. The molecule has 1 aromatic heterocycles. The number of hydrogen-bond acceptors (Lipinski definition) is 4. The molecule has 16 heavy (non-hydrogen) atoms. The lowest BCUT2D eigenvalue weighted by molar-refractivity contribution is 0.610. The van der Waals surface area contributed by atoms with Crippen molar-refractivity contribution in [1.82, 2.24) is 9.97 Å². The summed E-state index contributed by atoms with van der Waals surface area (Å²) in [6.07, 6.45) is 5.92. The normalized spacial score (nSPS) is 12.2. The van der Waals surface area contributed by atoms with E-state index in [9.17, 15) is 0 Å². The van der Waals surface area contributed by atoms with E-state index in [1.54, 1.807) is 6.20 Å². The van der Waals surface area contributed by atoms with Crippen molar-refractivity contribution in [2.24, 2.45) is 0 Å². The van der Waals surface area contributed by atoms with Gasteiger partial charge in [-0.25, -0.2) is 4.98 Å². The molecule has 1 unspecified atom stereocenters. The van der Waals surface area contributed by atoms with Crippen molar-refractivity contribution < 1.29 is 0 Å². The summed E-state index contributed by atoms with van der Waals surface area (Å²) < 4.78 is 0. The van der Waals surface area contributed by atoms with Gasteiger partial charge in [0.1, 0.15) is 11.6 Å². The highest BCUT2D eigenvalue weighted by Gasteiger charge is 2.10. The Kier molecular flexibility index (Phi) is 5.02. The highest BCUT2D eigenvalue weighted by Crippen LogP contribution is 2.15. The predicted octanol–water partition coefficient (Wildman–Crippen LogP) is 2.53. The average molecular weight is 222 g/mol. The Bertz CT molecular complexity index is 314. The maximum absolute atomic E-state index is 4.52. The molecule has 0 amide bonds. The Morgan fingerprint density at radius 1 is 1.38 bits per heavy atom. The van der Waals surface area contributed by atoms with Gasteiger partial charge in [0, 0.05) is 19.6 Å². The summed E-state index contributed by atoms with van der Waals surface area (Å²) in [4.78, 5) is 10.9. The lowest BCUT2D eigenvalue weighted by Gasteiger charge is -2.25. The van der Waals surface area contributed by atoms with E-state index in [4.69, 9.17) is 0 Å². The van der Waals surface area contributed by atoms with Crippen LogP contribution in [0.5, 0.6) is 0 Å². The number of rotatable bonds is 6. The fraction of sp³-hybridized carbons (Fsp3) is 0.667. The van der Waals surface area contributed by atoms with Crippen LogP contribution >= 0.6 is 0 Å². The zero-order valence-electron chi connectivity index (χ0n) is 10.7. The van der Waals surface area contributed by atoms with Gasteiger partial charge in [-0.15, -0.1) is 0 Å². The second-order valence-electron chi connectivity index (χ2n) is 4.04. The Labute approximate surface area is 98.1 Å². The highest BCUT2D eigenvalue weighted by molar-refractivity contribution is 5.43. The maximum atomic E-state index is 4.52. The van der Waals surface area contributed by atoms with Crippen molar-refractivity contribution >= 4 is 11.6 Å².